The van der Waals surface area contributed by atoms with Gasteiger partial charge in [-0.1, -0.05) is 51.7 Å². The Hall–Kier alpha value is -2.25. The highest BCUT2D eigenvalue weighted by molar-refractivity contribution is 6.55. The first-order valence-electron chi connectivity index (χ1n) is 8.48. The zero-order valence-corrected chi connectivity index (χ0v) is 17.6. The van der Waals surface area contributed by atoms with Crippen LogP contribution in [0.5, 0.6) is 0 Å². The maximum absolute atomic E-state index is 12.6. The Morgan fingerprint density at radius 2 is 1.72 bits per heavy atom. The summed E-state index contributed by atoms with van der Waals surface area (Å²) in [6, 6.07) is 4.71. The van der Waals surface area contributed by atoms with Crippen LogP contribution in [0.15, 0.2) is 68.9 Å². The first kappa shape index (κ1) is 24.8. The largest absolute Gasteiger partial charge is 0.416 e. The summed E-state index contributed by atoms with van der Waals surface area (Å²) in [5, 5.41) is 7.95. The highest BCUT2D eigenvalue weighted by Gasteiger charge is 2.29. The average molecular weight is 449 g/mol. The van der Waals surface area contributed by atoms with E-state index in [4.69, 9.17) is 32.9 Å². The molecule has 0 fully saturated rings. The number of rotatable bonds is 9. The Labute approximate surface area is 178 Å². The van der Waals surface area contributed by atoms with Gasteiger partial charge in [-0.15, -0.1) is 0 Å². The van der Waals surface area contributed by atoms with Crippen LogP contribution >= 0.6 is 23.2 Å². The predicted molar refractivity (Wildman–Crippen MR) is 111 cm³/mol. The van der Waals surface area contributed by atoms with Crippen LogP contribution in [-0.4, -0.2) is 18.0 Å². The second-order valence-corrected chi connectivity index (χ2v) is 6.80. The molecule has 0 spiro atoms. The van der Waals surface area contributed by atoms with Gasteiger partial charge >= 0.3 is 6.18 Å². The molecule has 0 N–H and O–H groups in total. The van der Waals surface area contributed by atoms with Gasteiger partial charge in [-0.3, -0.25) is 0 Å². The highest BCUT2D eigenvalue weighted by atomic mass is 35.5. The molecule has 0 atom stereocenters. The van der Waals surface area contributed by atoms with Crippen LogP contribution in [0.25, 0.3) is 0 Å². The first-order valence-corrected chi connectivity index (χ1v) is 9.24. The van der Waals surface area contributed by atoms with E-state index in [1.54, 1.807) is 25.2 Å². The summed E-state index contributed by atoms with van der Waals surface area (Å²) in [7, 11) is 0. The highest BCUT2D eigenvalue weighted by Crippen LogP contribution is 2.29. The minimum atomic E-state index is -4.36. The van der Waals surface area contributed by atoms with Crippen molar-refractivity contribution in [3.05, 3.63) is 69.8 Å². The van der Waals surface area contributed by atoms with E-state index in [1.807, 2.05) is 13.8 Å². The van der Waals surface area contributed by atoms with Crippen LogP contribution in [0, 0.1) is 0 Å². The number of hydrogen-bond acceptors (Lipinski definition) is 4. The molecule has 0 unspecified atom stereocenters. The molecule has 0 aliphatic heterocycles. The Morgan fingerprint density at radius 3 is 2.28 bits per heavy atom. The molecule has 9 heteroatoms. The van der Waals surface area contributed by atoms with E-state index in [0.29, 0.717) is 17.0 Å². The molecule has 158 valence electrons. The zero-order chi connectivity index (χ0) is 21.9. The van der Waals surface area contributed by atoms with Crippen molar-refractivity contribution in [3.63, 3.8) is 0 Å². The van der Waals surface area contributed by atoms with Gasteiger partial charge in [-0.25, -0.2) is 0 Å². The van der Waals surface area contributed by atoms with Gasteiger partial charge in [0.1, 0.15) is 23.4 Å². The summed E-state index contributed by atoms with van der Waals surface area (Å²) in [6.45, 7) is 5.56. The van der Waals surface area contributed by atoms with Crippen LogP contribution in [0.1, 0.15) is 31.9 Å². The van der Waals surface area contributed by atoms with Crippen molar-refractivity contribution < 1.29 is 22.8 Å². The molecule has 0 bridgehead atoms. The van der Waals surface area contributed by atoms with Gasteiger partial charge in [-0.05, 0) is 62.3 Å². The monoisotopic (exact) mass is 448 g/mol. The molecule has 0 aliphatic rings. The van der Waals surface area contributed by atoms with Gasteiger partial charge in [0, 0.05) is 0 Å². The topological polar surface area (TPSA) is 43.2 Å². The molecule has 0 amide bonds. The van der Waals surface area contributed by atoms with Gasteiger partial charge in [-0.2, -0.15) is 13.2 Å². The van der Waals surface area contributed by atoms with Crippen LogP contribution < -0.4 is 0 Å². The van der Waals surface area contributed by atoms with E-state index < -0.39 is 11.7 Å². The summed E-state index contributed by atoms with van der Waals surface area (Å²) >= 11 is 11.0. The molecule has 1 aromatic rings. The van der Waals surface area contributed by atoms with Crippen molar-refractivity contribution in [2.45, 2.75) is 33.6 Å². The van der Waals surface area contributed by atoms with Crippen molar-refractivity contribution >= 4 is 34.6 Å². The van der Waals surface area contributed by atoms with Gasteiger partial charge in [0.2, 0.25) is 0 Å². The molecule has 0 radical (unpaired) electrons. The quantitative estimate of drug-likeness (QED) is 0.236. The molecule has 1 rings (SSSR count). The third-order valence-electron chi connectivity index (χ3n) is 3.35. The van der Waals surface area contributed by atoms with E-state index in [0.717, 1.165) is 17.7 Å². The standard InChI is InChI=1S/C20H21Cl2F3N2O2/c1-4-5-18(27-28-11-10-19(21)22)14(2)12-15(3)26-29-13-16-6-8-17(9-7-16)20(23,24)25/h4-10,12H,11,13H2,1-3H3/b5-4-,14-12-,26-15?,27-18?. The molecule has 4 nitrogen and oxygen atoms in total. The lowest BCUT2D eigenvalue weighted by atomic mass is 10.1. The Balaban J connectivity index is 2.71. The number of nitrogens with zero attached hydrogens (tertiary/aromatic N) is 2. The Bertz CT molecular complexity index is 808. The van der Waals surface area contributed by atoms with Crippen molar-refractivity contribution in [3.8, 4) is 0 Å². The first-order chi connectivity index (χ1) is 13.6. The maximum Gasteiger partial charge on any atom is 0.416 e. The second-order valence-electron chi connectivity index (χ2n) is 5.79. The van der Waals surface area contributed by atoms with Crippen LogP contribution in [0.3, 0.4) is 0 Å². The van der Waals surface area contributed by atoms with Crippen LogP contribution in [0.2, 0.25) is 0 Å². The number of allylic oxidation sites excluding steroid dienone is 4. The number of alkyl halides is 3. The van der Waals surface area contributed by atoms with Crippen molar-refractivity contribution in [2.75, 3.05) is 6.61 Å². The van der Waals surface area contributed by atoms with Crippen molar-refractivity contribution in [2.24, 2.45) is 10.3 Å². The number of hydrogen-bond donors (Lipinski definition) is 0. The minimum absolute atomic E-state index is 0.0484. The summed E-state index contributed by atoms with van der Waals surface area (Å²) < 4.78 is 37.8. The summed E-state index contributed by atoms with van der Waals surface area (Å²) in [4.78, 5) is 10.3. The zero-order valence-electron chi connectivity index (χ0n) is 16.1. The molecular weight excluding hydrogens is 428 g/mol. The van der Waals surface area contributed by atoms with Crippen molar-refractivity contribution in [1.82, 2.24) is 0 Å². The third kappa shape index (κ3) is 10.2. The van der Waals surface area contributed by atoms with Crippen LogP contribution in [-0.2, 0) is 22.5 Å². The summed E-state index contributed by atoms with van der Waals surface area (Å²) in [5.41, 5.74) is 1.76. The fourth-order valence-corrected chi connectivity index (χ4v) is 2.14. The predicted octanol–water partition coefficient (Wildman–Crippen LogP) is 6.81. The summed E-state index contributed by atoms with van der Waals surface area (Å²) in [6.07, 6.45) is 2.39. The Morgan fingerprint density at radius 1 is 1.07 bits per heavy atom. The lowest BCUT2D eigenvalue weighted by molar-refractivity contribution is -0.137. The lowest BCUT2D eigenvalue weighted by Gasteiger charge is -2.07. The molecule has 1 aromatic carbocycles. The maximum atomic E-state index is 12.6. The summed E-state index contributed by atoms with van der Waals surface area (Å²) in [5.74, 6) is 0. The van der Waals surface area contributed by atoms with Gasteiger partial charge in [0.25, 0.3) is 0 Å². The SMILES string of the molecule is C/C=C\C(=NOCC=C(Cl)Cl)/C(C)=C\C(C)=NOCc1ccc(C(F)(F)F)cc1. The molecular formula is C20H21Cl2F3N2O2. The molecule has 0 aromatic heterocycles. The fraction of sp³-hybridized carbons (Fsp3) is 0.300. The van der Waals surface area contributed by atoms with E-state index >= 15 is 0 Å². The second kappa shape index (κ2) is 12.3. The van der Waals surface area contributed by atoms with E-state index in [2.05, 4.69) is 10.3 Å². The molecule has 0 aliphatic carbocycles. The molecule has 0 heterocycles. The normalized spacial score (nSPS) is 13.6. The molecule has 0 saturated carbocycles. The minimum Gasteiger partial charge on any atom is -0.391 e. The number of halogens is 5. The molecule has 0 saturated heterocycles. The Kier molecular flexibility index (Phi) is 10.5. The van der Waals surface area contributed by atoms with Gasteiger partial charge in [0.15, 0.2) is 0 Å². The number of benzene rings is 1. The molecule has 29 heavy (non-hydrogen) atoms. The van der Waals surface area contributed by atoms with E-state index in [-0.39, 0.29) is 17.7 Å². The lowest BCUT2D eigenvalue weighted by Crippen LogP contribution is -2.04. The van der Waals surface area contributed by atoms with E-state index in [1.165, 1.54) is 18.2 Å². The van der Waals surface area contributed by atoms with Gasteiger partial charge < -0.3 is 9.68 Å². The van der Waals surface area contributed by atoms with Crippen LogP contribution in [0.4, 0.5) is 13.2 Å². The third-order valence-corrected chi connectivity index (χ3v) is 3.66. The van der Waals surface area contributed by atoms with E-state index in [9.17, 15) is 13.2 Å². The average Bonchev–Trinajstić information content (AvgIpc) is 2.63. The smallest absolute Gasteiger partial charge is 0.391 e. The van der Waals surface area contributed by atoms with Crippen molar-refractivity contribution in [1.29, 1.82) is 0 Å². The number of oxime groups is 2. The fourth-order valence-electron chi connectivity index (χ4n) is 2.01. The van der Waals surface area contributed by atoms with Gasteiger partial charge in [0.05, 0.1) is 11.3 Å².